The summed E-state index contributed by atoms with van der Waals surface area (Å²) in [7, 11) is 0. The maximum absolute atomic E-state index is 12.2. The van der Waals surface area contributed by atoms with E-state index in [1.807, 2.05) is 55.5 Å². The lowest BCUT2D eigenvalue weighted by molar-refractivity contribution is -0.115. The Bertz CT molecular complexity index is 881. The SMILES string of the molecule is Cc1ccccc1CC(=O)Nc1ccc(Nc2ccccc2Br)nn1. The van der Waals surface area contributed by atoms with Crippen LogP contribution >= 0.6 is 15.9 Å². The first-order valence-corrected chi connectivity index (χ1v) is 8.61. The van der Waals surface area contributed by atoms with Crippen molar-refractivity contribution in [3.63, 3.8) is 0 Å². The van der Waals surface area contributed by atoms with Crippen molar-refractivity contribution in [3.8, 4) is 0 Å². The number of nitrogens with zero attached hydrogens (tertiary/aromatic N) is 2. The normalized spacial score (nSPS) is 10.3. The van der Waals surface area contributed by atoms with E-state index in [1.165, 1.54) is 0 Å². The van der Waals surface area contributed by atoms with Gasteiger partial charge in [-0.3, -0.25) is 4.79 Å². The minimum Gasteiger partial charge on any atom is -0.338 e. The van der Waals surface area contributed by atoms with Crippen molar-refractivity contribution in [2.75, 3.05) is 10.6 Å². The molecule has 0 fully saturated rings. The van der Waals surface area contributed by atoms with Crippen LogP contribution in [0, 0.1) is 6.92 Å². The van der Waals surface area contributed by atoms with Gasteiger partial charge < -0.3 is 10.6 Å². The molecule has 6 heteroatoms. The Balaban J connectivity index is 1.62. The number of hydrogen-bond donors (Lipinski definition) is 2. The molecule has 126 valence electrons. The summed E-state index contributed by atoms with van der Waals surface area (Å²) in [5, 5.41) is 14.1. The van der Waals surface area contributed by atoms with Crippen molar-refractivity contribution in [1.29, 1.82) is 0 Å². The number of aromatic nitrogens is 2. The van der Waals surface area contributed by atoms with E-state index in [-0.39, 0.29) is 5.91 Å². The minimum atomic E-state index is -0.116. The monoisotopic (exact) mass is 396 g/mol. The molecule has 2 N–H and O–H groups in total. The van der Waals surface area contributed by atoms with E-state index in [2.05, 4.69) is 36.8 Å². The van der Waals surface area contributed by atoms with Gasteiger partial charge in [-0.2, -0.15) is 0 Å². The Morgan fingerprint density at radius 1 is 0.960 bits per heavy atom. The molecule has 0 spiro atoms. The standard InChI is InChI=1S/C19H17BrN4O/c1-13-6-2-3-7-14(13)12-19(25)22-18-11-10-17(23-24-18)21-16-9-5-4-8-15(16)20/h2-11H,12H2,1H3,(H,21,23)(H,22,24,25). The molecule has 0 unspecified atom stereocenters. The first kappa shape index (κ1) is 17.1. The third-order valence-corrected chi connectivity index (χ3v) is 4.37. The van der Waals surface area contributed by atoms with Crippen LogP contribution in [-0.2, 0) is 11.2 Å². The Hall–Kier alpha value is -2.73. The molecule has 1 aromatic heterocycles. The number of hydrogen-bond acceptors (Lipinski definition) is 4. The average Bonchev–Trinajstić information content (AvgIpc) is 2.61. The van der Waals surface area contributed by atoms with Crippen LogP contribution in [0.15, 0.2) is 65.1 Å². The van der Waals surface area contributed by atoms with Crippen LogP contribution in [0.25, 0.3) is 0 Å². The van der Waals surface area contributed by atoms with Crippen LogP contribution in [0.5, 0.6) is 0 Å². The first-order chi connectivity index (χ1) is 12.1. The summed E-state index contributed by atoms with van der Waals surface area (Å²) >= 11 is 3.47. The van der Waals surface area contributed by atoms with Gasteiger partial charge in [-0.25, -0.2) is 0 Å². The molecular formula is C19H17BrN4O. The van der Waals surface area contributed by atoms with Crippen molar-refractivity contribution in [1.82, 2.24) is 10.2 Å². The number of para-hydroxylation sites is 1. The van der Waals surface area contributed by atoms with Crippen LogP contribution in [0.1, 0.15) is 11.1 Å². The quantitative estimate of drug-likeness (QED) is 0.667. The molecule has 2 aromatic carbocycles. The second-order valence-corrected chi connectivity index (χ2v) is 6.41. The van der Waals surface area contributed by atoms with Gasteiger partial charge in [0.25, 0.3) is 0 Å². The Morgan fingerprint density at radius 3 is 2.36 bits per heavy atom. The summed E-state index contributed by atoms with van der Waals surface area (Å²) in [5.41, 5.74) is 2.99. The summed E-state index contributed by atoms with van der Waals surface area (Å²) in [6, 6.07) is 19.1. The summed E-state index contributed by atoms with van der Waals surface area (Å²) < 4.78 is 0.937. The number of nitrogens with one attached hydrogen (secondary N) is 2. The molecule has 0 radical (unpaired) electrons. The maximum atomic E-state index is 12.2. The van der Waals surface area contributed by atoms with Gasteiger partial charge in [0.2, 0.25) is 5.91 Å². The van der Waals surface area contributed by atoms with Crippen molar-refractivity contribution in [2.24, 2.45) is 0 Å². The molecule has 0 saturated carbocycles. The highest BCUT2D eigenvalue weighted by Crippen LogP contribution is 2.24. The smallest absolute Gasteiger partial charge is 0.230 e. The zero-order valence-corrected chi connectivity index (χ0v) is 15.2. The zero-order chi connectivity index (χ0) is 17.6. The summed E-state index contributed by atoms with van der Waals surface area (Å²) in [6.45, 7) is 1.99. The van der Waals surface area contributed by atoms with Gasteiger partial charge in [0, 0.05) is 4.47 Å². The summed E-state index contributed by atoms with van der Waals surface area (Å²) in [4.78, 5) is 12.2. The summed E-state index contributed by atoms with van der Waals surface area (Å²) in [6.07, 6.45) is 0.311. The molecule has 0 aliphatic carbocycles. The van der Waals surface area contributed by atoms with Crippen LogP contribution in [0.4, 0.5) is 17.3 Å². The highest BCUT2D eigenvalue weighted by molar-refractivity contribution is 9.10. The van der Waals surface area contributed by atoms with E-state index in [1.54, 1.807) is 12.1 Å². The van der Waals surface area contributed by atoms with Gasteiger partial charge in [0.15, 0.2) is 11.6 Å². The number of rotatable bonds is 5. The van der Waals surface area contributed by atoms with E-state index in [4.69, 9.17) is 0 Å². The van der Waals surface area contributed by atoms with E-state index in [9.17, 15) is 4.79 Å². The van der Waals surface area contributed by atoms with Crippen molar-refractivity contribution >= 4 is 39.2 Å². The molecule has 3 aromatic rings. The number of amides is 1. The third-order valence-electron chi connectivity index (χ3n) is 3.68. The molecule has 3 rings (SSSR count). The molecule has 0 aliphatic heterocycles. The molecule has 0 saturated heterocycles. The fourth-order valence-corrected chi connectivity index (χ4v) is 2.72. The number of carbonyl (C=O) groups excluding carboxylic acids is 1. The molecule has 0 bridgehead atoms. The molecule has 1 heterocycles. The van der Waals surface area contributed by atoms with Crippen LogP contribution in [0.2, 0.25) is 0 Å². The van der Waals surface area contributed by atoms with Crippen LogP contribution in [0.3, 0.4) is 0 Å². The third kappa shape index (κ3) is 4.64. The Labute approximate surface area is 154 Å². The fourth-order valence-electron chi connectivity index (χ4n) is 2.33. The first-order valence-electron chi connectivity index (χ1n) is 7.81. The van der Waals surface area contributed by atoms with Gasteiger partial charge in [-0.15, -0.1) is 10.2 Å². The van der Waals surface area contributed by atoms with Crippen LogP contribution in [-0.4, -0.2) is 16.1 Å². The Kier molecular flexibility index (Phi) is 5.40. The molecule has 1 amide bonds. The second-order valence-electron chi connectivity index (χ2n) is 5.56. The van der Waals surface area contributed by atoms with Crippen molar-refractivity contribution in [3.05, 3.63) is 76.3 Å². The largest absolute Gasteiger partial charge is 0.338 e. The molecule has 0 aliphatic rings. The van der Waals surface area contributed by atoms with E-state index in [0.717, 1.165) is 21.3 Å². The van der Waals surface area contributed by atoms with Crippen molar-refractivity contribution < 1.29 is 4.79 Å². The zero-order valence-electron chi connectivity index (χ0n) is 13.7. The van der Waals surface area contributed by atoms with Gasteiger partial charge in [-0.1, -0.05) is 36.4 Å². The van der Waals surface area contributed by atoms with E-state index < -0.39 is 0 Å². The number of benzene rings is 2. The maximum Gasteiger partial charge on any atom is 0.230 e. The lowest BCUT2D eigenvalue weighted by atomic mass is 10.1. The van der Waals surface area contributed by atoms with E-state index in [0.29, 0.717) is 18.1 Å². The molecule has 0 atom stereocenters. The topological polar surface area (TPSA) is 66.9 Å². The highest BCUT2D eigenvalue weighted by Gasteiger charge is 2.08. The number of carbonyl (C=O) groups is 1. The molecular weight excluding hydrogens is 380 g/mol. The second kappa shape index (κ2) is 7.90. The number of aryl methyl sites for hydroxylation is 1. The predicted molar refractivity (Wildman–Crippen MR) is 103 cm³/mol. The number of anilines is 3. The van der Waals surface area contributed by atoms with Crippen molar-refractivity contribution in [2.45, 2.75) is 13.3 Å². The number of halogens is 1. The summed E-state index contributed by atoms with van der Waals surface area (Å²) in [5.74, 6) is 0.912. The lowest BCUT2D eigenvalue weighted by Gasteiger charge is -2.08. The predicted octanol–water partition coefficient (Wildman–Crippen LogP) is 4.47. The minimum absolute atomic E-state index is 0.116. The van der Waals surface area contributed by atoms with Gasteiger partial charge in [-0.05, 0) is 58.2 Å². The fraction of sp³-hybridized carbons (Fsp3) is 0.105. The highest BCUT2D eigenvalue weighted by atomic mass is 79.9. The van der Waals surface area contributed by atoms with Gasteiger partial charge in [0.1, 0.15) is 0 Å². The van der Waals surface area contributed by atoms with E-state index >= 15 is 0 Å². The molecule has 5 nitrogen and oxygen atoms in total. The van der Waals surface area contributed by atoms with Gasteiger partial charge >= 0.3 is 0 Å². The lowest BCUT2D eigenvalue weighted by Crippen LogP contribution is -2.16. The molecule has 25 heavy (non-hydrogen) atoms. The Morgan fingerprint density at radius 2 is 1.64 bits per heavy atom. The van der Waals surface area contributed by atoms with Gasteiger partial charge in [0.05, 0.1) is 12.1 Å². The average molecular weight is 397 g/mol. The van der Waals surface area contributed by atoms with Crippen LogP contribution < -0.4 is 10.6 Å².